The van der Waals surface area contributed by atoms with Gasteiger partial charge in [-0.25, -0.2) is 0 Å². The molecule has 4 atom stereocenters. The average Bonchev–Trinajstić information content (AvgIpc) is 4.04. The number of aliphatic carboxylic acids is 5. The van der Waals surface area contributed by atoms with Gasteiger partial charge in [-0.2, -0.15) is 0 Å². The van der Waals surface area contributed by atoms with E-state index in [9.17, 15) is 34.2 Å². The molecule has 7 N–H and O–H groups in total. The van der Waals surface area contributed by atoms with E-state index in [4.69, 9.17) is 30.3 Å². The molecule has 13 nitrogen and oxygen atoms in total. The Labute approximate surface area is 408 Å². The van der Waals surface area contributed by atoms with Gasteiger partial charge in [-0.3, -0.25) is 24.0 Å². The molecular formula is C54H104O13. The highest BCUT2D eigenvalue weighted by Crippen LogP contribution is 2.32. The van der Waals surface area contributed by atoms with Crippen LogP contribution in [0.2, 0.25) is 0 Å². The van der Waals surface area contributed by atoms with E-state index in [1.807, 2.05) is 0 Å². The number of rotatable bonds is 46. The molecule has 67 heavy (non-hydrogen) atoms. The average molecular weight is 961 g/mol. The number of carboxylic acid groups (broad SMARTS) is 5. The molecule has 1 saturated heterocycles. The third-order valence-corrected chi connectivity index (χ3v) is 12.1. The number of epoxide rings is 1. The molecule has 1 rings (SSSR count). The van der Waals surface area contributed by atoms with Crippen LogP contribution in [0, 0.1) is 0 Å². The number of carbonyl (C=O) groups is 5. The summed E-state index contributed by atoms with van der Waals surface area (Å²) in [5, 5.41) is 61.8. The molecule has 4 unspecified atom stereocenters. The van der Waals surface area contributed by atoms with Crippen molar-refractivity contribution in [3.05, 3.63) is 0 Å². The van der Waals surface area contributed by atoms with Crippen LogP contribution in [0.1, 0.15) is 290 Å². The van der Waals surface area contributed by atoms with Gasteiger partial charge in [0, 0.05) is 32.1 Å². The van der Waals surface area contributed by atoms with Gasteiger partial charge in [0.2, 0.25) is 0 Å². The van der Waals surface area contributed by atoms with E-state index in [2.05, 4.69) is 20.8 Å². The van der Waals surface area contributed by atoms with Crippen LogP contribution in [0.3, 0.4) is 0 Å². The van der Waals surface area contributed by atoms with Crippen molar-refractivity contribution in [1.82, 2.24) is 0 Å². The zero-order valence-corrected chi connectivity index (χ0v) is 43.1. The molecule has 0 aromatic heterocycles. The summed E-state index contributed by atoms with van der Waals surface area (Å²) in [6.07, 6.45) is 41.6. The van der Waals surface area contributed by atoms with Crippen molar-refractivity contribution in [2.45, 2.75) is 315 Å². The number of carboxylic acids is 5. The van der Waals surface area contributed by atoms with Gasteiger partial charge < -0.3 is 40.5 Å². The van der Waals surface area contributed by atoms with Crippen molar-refractivity contribution in [3.63, 3.8) is 0 Å². The van der Waals surface area contributed by atoms with Gasteiger partial charge in [0.1, 0.15) is 0 Å². The van der Waals surface area contributed by atoms with Gasteiger partial charge in [-0.1, -0.05) is 201 Å². The number of hydrogen-bond donors (Lipinski definition) is 7. The van der Waals surface area contributed by atoms with Gasteiger partial charge in [-0.05, 0) is 57.8 Å². The van der Waals surface area contributed by atoms with Crippen molar-refractivity contribution in [2.75, 3.05) is 0 Å². The molecule has 0 aromatic carbocycles. The third kappa shape index (κ3) is 63.2. The highest BCUT2D eigenvalue weighted by atomic mass is 16.6. The van der Waals surface area contributed by atoms with E-state index in [-0.39, 0.29) is 19.3 Å². The number of aliphatic hydroxyl groups excluding tert-OH is 2. The first-order valence-corrected chi connectivity index (χ1v) is 27.3. The minimum Gasteiger partial charge on any atom is -0.481 e. The van der Waals surface area contributed by atoms with Crippen LogP contribution in [-0.4, -0.2) is 90.0 Å². The molecule has 0 aliphatic carbocycles. The predicted octanol–water partition coefficient (Wildman–Crippen LogP) is 14.3. The van der Waals surface area contributed by atoms with E-state index in [0.717, 1.165) is 89.9 Å². The summed E-state index contributed by atoms with van der Waals surface area (Å²) in [5.74, 6) is -3.58. The van der Waals surface area contributed by atoms with Gasteiger partial charge in [-0.15, -0.1) is 0 Å². The minimum absolute atomic E-state index is 0.221. The van der Waals surface area contributed by atoms with Gasteiger partial charge in [0.15, 0.2) is 0 Å². The lowest BCUT2D eigenvalue weighted by atomic mass is 9.99. The van der Waals surface area contributed by atoms with Crippen LogP contribution < -0.4 is 0 Å². The molecule has 0 radical (unpaired) electrons. The Morgan fingerprint density at radius 1 is 0.313 bits per heavy atom. The second kappa shape index (κ2) is 54.2. The molecule has 0 amide bonds. The highest BCUT2D eigenvalue weighted by molar-refractivity contribution is 5.67. The van der Waals surface area contributed by atoms with Gasteiger partial charge in [0.25, 0.3) is 0 Å². The minimum atomic E-state index is -0.759. The maximum absolute atomic E-state index is 10.4. The first-order chi connectivity index (χ1) is 32.2. The van der Waals surface area contributed by atoms with Crippen molar-refractivity contribution in [3.8, 4) is 0 Å². The maximum atomic E-state index is 10.4. The van der Waals surface area contributed by atoms with Crippen molar-refractivity contribution in [1.29, 1.82) is 0 Å². The maximum Gasteiger partial charge on any atom is 0.303 e. The lowest BCUT2D eigenvalue weighted by molar-refractivity contribution is -0.138. The predicted molar refractivity (Wildman–Crippen MR) is 270 cm³/mol. The molecular weight excluding hydrogens is 857 g/mol. The molecule has 13 heteroatoms. The molecule has 0 aromatic rings. The monoisotopic (exact) mass is 961 g/mol. The fraction of sp³-hybridized carbons (Fsp3) is 0.907. The lowest BCUT2D eigenvalue weighted by Gasteiger charge is -2.17. The Bertz CT molecular complexity index is 1100. The van der Waals surface area contributed by atoms with Crippen molar-refractivity contribution >= 4 is 29.8 Å². The van der Waals surface area contributed by atoms with Crippen LogP contribution in [0.5, 0.6) is 0 Å². The quantitative estimate of drug-likeness (QED) is 0.0222. The lowest BCUT2D eigenvalue weighted by Crippen LogP contribution is -2.25. The molecule has 398 valence electrons. The summed E-state index contributed by atoms with van der Waals surface area (Å²) in [6, 6.07) is 0. The molecule has 1 aliphatic heterocycles. The second-order valence-electron chi connectivity index (χ2n) is 18.8. The Morgan fingerprint density at radius 3 is 0.731 bits per heavy atom. The molecule has 1 heterocycles. The summed E-state index contributed by atoms with van der Waals surface area (Å²) in [6.45, 7) is 6.64. The summed E-state index contributed by atoms with van der Waals surface area (Å²) in [4.78, 5) is 51.0. The van der Waals surface area contributed by atoms with Crippen LogP contribution in [0.25, 0.3) is 0 Å². The van der Waals surface area contributed by atoms with E-state index >= 15 is 0 Å². The fourth-order valence-electron chi connectivity index (χ4n) is 7.78. The van der Waals surface area contributed by atoms with E-state index in [1.54, 1.807) is 0 Å². The second-order valence-corrected chi connectivity index (χ2v) is 18.8. The number of ether oxygens (including phenoxy) is 1. The number of unbranched alkanes of at least 4 members (excludes halogenated alkanes) is 27. The SMILES string of the molecule is CCCCCCCCC(=O)O.CCCCCCCCC(O)C(O)CCCCCCCC(=O)O.CCCCCCCCC1OC1CCCCCCCC(=O)O.O=C(O)CCCCCCCC(=O)O. The third-order valence-electron chi connectivity index (χ3n) is 12.1. The van der Waals surface area contributed by atoms with Gasteiger partial charge >= 0.3 is 29.8 Å². The van der Waals surface area contributed by atoms with Crippen LogP contribution >= 0.6 is 0 Å². The Hall–Kier alpha value is -2.77. The summed E-state index contributed by atoms with van der Waals surface area (Å²) in [7, 11) is 0. The summed E-state index contributed by atoms with van der Waals surface area (Å²) in [5.41, 5.74) is 0. The summed E-state index contributed by atoms with van der Waals surface area (Å²) < 4.78 is 5.73. The highest BCUT2D eigenvalue weighted by Gasteiger charge is 2.36. The molecule has 0 spiro atoms. The van der Waals surface area contributed by atoms with Crippen molar-refractivity contribution < 1.29 is 64.5 Å². The normalized spacial score (nSPS) is 14.6. The standard InChI is InChI=1S/C18H36O4.C18H34O3.C9H16O4.C9H18O2/c1-2-3-4-5-7-10-13-16(19)17(20)14-11-8-6-9-12-15-18(21)22;1-2-3-4-5-7-10-13-16-17(21-16)14-11-8-6-9-12-15-18(19)20;10-8(11)6-4-2-1-3-5-7-9(12)13;1-2-3-4-5-6-7-8-9(10)11/h16-17,19-20H,2-15H2,1H3,(H,21,22);16-17H,2-15H2,1H3,(H,19,20);1-7H2,(H,10,11)(H,12,13);2-8H2,1H3,(H,10,11). The molecule has 1 fully saturated rings. The van der Waals surface area contributed by atoms with E-state index in [0.29, 0.717) is 50.7 Å². The van der Waals surface area contributed by atoms with Gasteiger partial charge in [0.05, 0.1) is 24.4 Å². The smallest absolute Gasteiger partial charge is 0.303 e. The van der Waals surface area contributed by atoms with Crippen molar-refractivity contribution in [2.24, 2.45) is 0 Å². The van der Waals surface area contributed by atoms with E-state index < -0.39 is 42.1 Å². The first-order valence-electron chi connectivity index (χ1n) is 27.3. The zero-order valence-electron chi connectivity index (χ0n) is 43.1. The number of hydrogen-bond acceptors (Lipinski definition) is 8. The topological polar surface area (TPSA) is 239 Å². The molecule has 0 bridgehead atoms. The molecule has 0 saturated carbocycles. The Kier molecular flexibility index (Phi) is 55.4. The van der Waals surface area contributed by atoms with Crippen LogP contribution in [-0.2, 0) is 28.7 Å². The molecule has 1 aliphatic rings. The van der Waals surface area contributed by atoms with E-state index in [1.165, 1.54) is 122 Å². The Morgan fingerprint density at radius 2 is 0.507 bits per heavy atom. The summed E-state index contributed by atoms with van der Waals surface area (Å²) >= 11 is 0. The zero-order chi connectivity index (χ0) is 50.6. The fourth-order valence-corrected chi connectivity index (χ4v) is 7.78. The van der Waals surface area contributed by atoms with Crippen LogP contribution in [0.4, 0.5) is 0 Å². The number of aliphatic hydroxyl groups is 2. The first kappa shape index (κ1) is 68.5. The Balaban J connectivity index is -0.000000847. The largest absolute Gasteiger partial charge is 0.481 e. The van der Waals surface area contributed by atoms with Crippen LogP contribution in [0.15, 0.2) is 0 Å².